The highest BCUT2D eigenvalue weighted by Crippen LogP contribution is 2.29. The normalized spacial score (nSPS) is 18.1. The number of carbonyl (C=O) groups is 1. The molecule has 1 saturated heterocycles. The van der Waals surface area contributed by atoms with Gasteiger partial charge < -0.3 is 25.4 Å². The van der Waals surface area contributed by atoms with E-state index in [1.807, 2.05) is 26.0 Å². The van der Waals surface area contributed by atoms with E-state index in [4.69, 9.17) is 9.47 Å². The van der Waals surface area contributed by atoms with Gasteiger partial charge in [0, 0.05) is 25.7 Å². The van der Waals surface area contributed by atoms with E-state index in [9.17, 15) is 4.79 Å². The number of carbonyl (C=O) groups excluding carboxylic acids is 1. The first-order valence-electron chi connectivity index (χ1n) is 7.39. The van der Waals surface area contributed by atoms with Gasteiger partial charge in [-0.2, -0.15) is 0 Å². The standard InChI is InChI=1S/C15H23N3O3/c1-3-20-11-5-6-14(21-4-2)12(9-11)18-15(19)13-10-16-7-8-17-13/h5-6,9,13,16-17H,3-4,7-8,10H2,1-2H3,(H,18,19). The molecular formula is C15H23N3O3. The third-order valence-corrected chi connectivity index (χ3v) is 3.18. The molecule has 1 aliphatic rings. The summed E-state index contributed by atoms with van der Waals surface area (Å²) in [6, 6.07) is 5.22. The molecule has 1 aromatic carbocycles. The van der Waals surface area contributed by atoms with Crippen molar-refractivity contribution in [3.63, 3.8) is 0 Å². The number of benzene rings is 1. The molecule has 0 aliphatic carbocycles. The highest BCUT2D eigenvalue weighted by Gasteiger charge is 2.21. The SMILES string of the molecule is CCOc1ccc(OCC)c(NC(=O)C2CNCCN2)c1. The monoisotopic (exact) mass is 293 g/mol. The molecule has 1 amide bonds. The number of hydrogen-bond acceptors (Lipinski definition) is 5. The Kier molecular flexibility index (Phi) is 5.83. The smallest absolute Gasteiger partial charge is 0.242 e. The lowest BCUT2D eigenvalue weighted by molar-refractivity contribution is -0.118. The lowest BCUT2D eigenvalue weighted by Crippen LogP contribution is -2.54. The maximum Gasteiger partial charge on any atom is 0.242 e. The number of anilines is 1. The van der Waals surface area contributed by atoms with Gasteiger partial charge in [0.05, 0.1) is 24.9 Å². The molecule has 1 heterocycles. The van der Waals surface area contributed by atoms with E-state index >= 15 is 0 Å². The number of hydrogen-bond donors (Lipinski definition) is 3. The van der Waals surface area contributed by atoms with Crippen LogP contribution in [0.3, 0.4) is 0 Å². The maximum atomic E-state index is 12.3. The van der Waals surface area contributed by atoms with Gasteiger partial charge in [-0.15, -0.1) is 0 Å². The second-order valence-electron chi connectivity index (χ2n) is 4.72. The molecule has 0 saturated carbocycles. The van der Waals surface area contributed by atoms with Gasteiger partial charge in [-0.05, 0) is 26.0 Å². The molecule has 1 aliphatic heterocycles. The second-order valence-corrected chi connectivity index (χ2v) is 4.72. The molecule has 116 valence electrons. The molecule has 1 unspecified atom stereocenters. The largest absolute Gasteiger partial charge is 0.494 e. The number of rotatable bonds is 6. The predicted molar refractivity (Wildman–Crippen MR) is 82.1 cm³/mol. The zero-order valence-corrected chi connectivity index (χ0v) is 12.6. The first kappa shape index (κ1) is 15.6. The van der Waals surface area contributed by atoms with Crippen LogP contribution in [-0.4, -0.2) is 44.8 Å². The van der Waals surface area contributed by atoms with Crippen LogP contribution in [0.15, 0.2) is 18.2 Å². The summed E-state index contributed by atoms with van der Waals surface area (Å²) in [5.74, 6) is 1.29. The number of ether oxygens (including phenoxy) is 2. The summed E-state index contributed by atoms with van der Waals surface area (Å²) >= 11 is 0. The average molecular weight is 293 g/mol. The minimum absolute atomic E-state index is 0.0724. The first-order chi connectivity index (χ1) is 10.2. The van der Waals surface area contributed by atoms with Gasteiger partial charge in [0.1, 0.15) is 11.5 Å². The molecule has 0 radical (unpaired) electrons. The molecule has 0 spiro atoms. The Bertz CT molecular complexity index is 473. The van der Waals surface area contributed by atoms with Crippen molar-refractivity contribution in [2.45, 2.75) is 19.9 Å². The molecule has 2 rings (SSSR count). The van der Waals surface area contributed by atoms with Crippen LogP contribution in [0.4, 0.5) is 5.69 Å². The summed E-state index contributed by atoms with van der Waals surface area (Å²) < 4.78 is 11.0. The van der Waals surface area contributed by atoms with Crippen molar-refractivity contribution in [3.8, 4) is 11.5 Å². The van der Waals surface area contributed by atoms with Crippen LogP contribution in [0.5, 0.6) is 11.5 Å². The topological polar surface area (TPSA) is 71.6 Å². The molecule has 0 aromatic heterocycles. The van der Waals surface area contributed by atoms with Crippen molar-refractivity contribution in [1.82, 2.24) is 10.6 Å². The van der Waals surface area contributed by atoms with Gasteiger partial charge in [0.25, 0.3) is 0 Å². The Hall–Kier alpha value is -1.79. The number of amides is 1. The highest BCUT2D eigenvalue weighted by atomic mass is 16.5. The quantitative estimate of drug-likeness (QED) is 0.729. The van der Waals surface area contributed by atoms with Gasteiger partial charge >= 0.3 is 0 Å². The molecule has 1 aromatic rings. The predicted octanol–water partition coefficient (Wildman–Crippen LogP) is 0.984. The molecule has 1 fully saturated rings. The fraction of sp³-hybridized carbons (Fsp3) is 0.533. The summed E-state index contributed by atoms with van der Waals surface area (Å²) in [5, 5.41) is 9.29. The summed E-state index contributed by atoms with van der Waals surface area (Å²) in [4.78, 5) is 12.3. The molecule has 3 N–H and O–H groups in total. The molecule has 21 heavy (non-hydrogen) atoms. The van der Waals surface area contributed by atoms with E-state index in [2.05, 4.69) is 16.0 Å². The van der Waals surface area contributed by atoms with Crippen molar-refractivity contribution < 1.29 is 14.3 Å². The molecule has 0 bridgehead atoms. The first-order valence-corrected chi connectivity index (χ1v) is 7.39. The minimum atomic E-state index is -0.232. The Balaban J connectivity index is 2.11. The van der Waals surface area contributed by atoms with Gasteiger partial charge in [-0.3, -0.25) is 4.79 Å². The Labute approximate surface area is 125 Å². The van der Waals surface area contributed by atoms with E-state index < -0.39 is 0 Å². The van der Waals surface area contributed by atoms with Crippen molar-refractivity contribution >= 4 is 11.6 Å². The summed E-state index contributed by atoms with van der Waals surface area (Å²) in [6.45, 7) is 7.25. The van der Waals surface area contributed by atoms with E-state index in [1.54, 1.807) is 6.07 Å². The highest BCUT2D eigenvalue weighted by molar-refractivity contribution is 5.96. The molecule has 1 atom stereocenters. The third kappa shape index (κ3) is 4.34. The van der Waals surface area contributed by atoms with Crippen LogP contribution in [0.1, 0.15) is 13.8 Å². The maximum absolute atomic E-state index is 12.3. The number of nitrogens with one attached hydrogen (secondary N) is 3. The zero-order valence-electron chi connectivity index (χ0n) is 12.6. The molecular weight excluding hydrogens is 270 g/mol. The lowest BCUT2D eigenvalue weighted by Gasteiger charge is -2.24. The van der Waals surface area contributed by atoms with E-state index in [0.717, 1.165) is 13.1 Å². The average Bonchev–Trinajstić information content (AvgIpc) is 2.51. The van der Waals surface area contributed by atoms with Crippen LogP contribution < -0.4 is 25.4 Å². The van der Waals surface area contributed by atoms with Crippen LogP contribution in [0, 0.1) is 0 Å². The fourth-order valence-corrected chi connectivity index (χ4v) is 2.20. The van der Waals surface area contributed by atoms with Crippen LogP contribution in [0.2, 0.25) is 0 Å². The molecule has 6 nitrogen and oxygen atoms in total. The number of piperazine rings is 1. The van der Waals surface area contributed by atoms with Crippen LogP contribution in [0.25, 0.3) is 0 Å². The second kappa shape index (κ2) is 7.85. The molecule has 6 heteroatoms. The van der Waals surface area contributed by atoms with E-state index in [0.29, 0.717) is 36.9 Å². The van der Waals surface area contributed by atoms with Gasteiger partial charge in [0.15, 0.2) is 0 Å². The lowest BCUT2D eigenvalue weighted by atomic mass is 10.2. The van der Waals surface area contributed by atoms with Crippen LogP contribution in [-0.2, 0) is 4.79 Å². The summed E-state index contributed by atoms with van der Waals surface area (Å²) in [5.41, 5.74) is 0.639. The van der Waals surface area contributed by atoms with Gasteiger partial charge in [0.2, 0.25) is 5.91 Å². The summed E-state index contributed by atoms with van der Waals surface area (Å²) in [7, 11) is 0. The minimum Gasteiger partial charge on any atom is -0.494 e. The van der Waals surface area contributed by atoms with Gasteiger partial charge in [-0.25, -0.2) is 0 Å². The van der Waals surface area contributed by atoms with Crippen molar-refractivity contribution in [1.29, 1.82) is 0 Å². The Morgan fingerprint density at radius 1 is 1.29 bits per heavy atom. The van der Waals surface area contributed by atoms with Crippen LogP contribution >= 0.6 is 0 Å². The van der Waals surface area contributed by atoms with E-state index in [1.165, 1.54) is 0 Å². The van der Waals surface area contributed by atoms with Crippen molar-refractivity contribution in [2.75, 3.05) is 38.2 Å². The van der Waals surface area contributed by atoms with Crippen molar-refractivity contribution in [3.05, 3.63) is 18.2 Å². The Morgan fingerprint density at radius 2 is 2.10 bits per heavy atom. The van der Waals surface area contributed by atoms with Crippen molar-refractivity contribution in [2.24, 2.45) is 0 Å². The Morgan fingerprint density at radius 3 is 2.76 bits per heavy atom. The zero-order chi connectivity index (χ0) is 15.1. The third-order valence-electron chi connectivity index (χ3n) is 3.18. The summed E-state index contributed by atoms with van der Waals surface area (Å²) in [6.07, 6.45) is 0. The van der Waals surface area contributed by atoms with E-state index in [-0.39, 0.29) is 11.9 Å². The fourth-order valence-electron chi connectivity index (χ4n) is 2.20. The van der Waals surface area contributed by atoms with Gasteiger partial charge in [-0.1, -0.05) is 0 Å².